The number of anilines is 1. The quantitative estimate of drug-likeness (QED) is 0.568. The molecule has 0 fully saturated rings. The number of thiocarbonyl (C=S) groups is 1. The third-order valence-electron chi connectivity index (χ3n) is 3.38. The fourth-order valence-corrected chi connectivity index (χ4v) is 2.13. The van der Waals surface area contributed by atoms with E-state index in [1.165, 1.54) is 12.1 Å². The minimum atomic E-state index is -0.685. The first-order valence-corrected chi connectivity index (χ1v) is 8.14. The van der Waals surface area contributed by atoms with E-state index in [9.17, 15) is 13.6 Å². The first-order valence-electron chi connectivity index (χ1n) is 7.73. The number of unbranched alkanes of at least 4 members (excludes halogenated alkanes) is 2. The number of carbonyl (C=O) groups is 1. The Morgan fingerprint density at radius 2 is 1.87 bits per heavy atom. The molecule has 3 nitrogen and oxygen atoms in total. The van der Waals surface area contributed by atoms with Crippen molar-refractivity contribution >= 4 is 28.8 Å². The molecule has 0 aliphatic rings. The zero-order valence-electron chi connectivity index (χ0n) is 13.8. The molecule has 0 saturated carbocycles. The zero-order chi connectivity index (χ0) is 17.5. The molecular weight excluding hydrogens is 318 g/mol. The summed E-state index contributed by atoms with van der Waals surface area (Å²) in [5.74, 6) is -1.04. The van der Waals surface area contributed by atoms with Crippen molar-refractivity contribution in [3.63, 3.8) is 0 Å². The molecule has 0 saturated heterocycles. The Morgan fingerprint density at radius 1 is 1.17 bits per heavy atom. The monoisotopic (exact) mass is 342 g/mol. The second kappa shape index (κ2) is 8.91. The summed E-state index contributed by atoms with van der Waals surface area (Å²) in [4.78, 5) is 11.8. The summed E-state index contributed by atoms with van der Waals surface area (Å²) >= 11 is 5.06. The average Bonchev–Trinajstić information content (AvgIpc) is 2.44. The van der Waals surface area contributed by atoms with Gasteiger partial charge in [-0.25, -0.2) is 8.78 Å². The van der Waals surface area contributed by atoms with E-state index in [-0.39, 0.29) is 16.9 Å². The van der Waals surface area contributed by atoms with Gasteiger partial charge in [0.15, 0.2) is 5.11 Å². The van der Waals surface area contributed by atoms with Gasteiger partial charge in [-0.1, -0.05) is 27.2 Å². The van der Waals surface area contributed by atoms with Crippen molar-refractivity contribution < 1.29 is 13.6 Å². The van der Waals surface area contributed by atoms with Crippen LogP contribution in [0.5, 0.6) is 0 Å². The smallest absolute Gasteiger partial charge is 0.170 e. The largest absolute Gasteiger partial charge is 0.362 e. The van der Waals surface area contributed by atoms with Gasteiger partial charge in [-0.05, 0) is 37.2 Å². The molecule has 0 heterocycles. The Labute approximate surface area is 141 Å². The highest BCUT2D eigenvalue weighted by Crippen LogP contribution is 2.18. The van der Waals surface area contributed by atoms with E-state index in [0.717, 1.165) is 25.3 Å². The Kier molecular flexibility index (Phi) is 7.55. The minimum Gasteiger partial charge on any atom is -0.362 e. The van der Waals surface area contributed by atoms with Crippen LogP contribution in [0, 0.1) is 17.0 Å². The van der Waals surface area contributed by atoms with Crippen LogP contribution in [0.15, 0.2) is 18.2 Å². The number of nitrogens with one attached hydrogen (secondary N) is 2. The number of halogens is 2. The fourth-order valence-electron chi connectivity index (χ4n) is 1.92. The van der Waals surface area contributed by atoms with Gasteiger partial charge in [0.2, 0.25) is 0 Å². The standard InChI is InChI=1S/C17H24F2N2OS/c1-17(2,3)15(22)7-5-4-6-10-20-16(23)21-14-9-8-12(18)11-13(14)19/h8-9,11H,4-7,10H2,1-3H3,(H2,20,21,23). The van der Waals surface area contributed by atoms with Crippen molar-refractivity contribution in [3.8, 4) is 0 Å². The maximum Gasteiger partial charge on any atom is 0.170 e. The molecule has 0 unspecified atom stereocenters. The molecule has 0 aliphatic heterocycles. The molecule has 0 aromatic heterocycles. The minimum absolute atomic E-state index is 0.139. The summed E-state index contributed by atoms with van der Waals surface area (Å²) in [6, 6.07) is 3.27. The van der Waals surface area contributed by atoms with E-state index in [0.29, 0.717) is 18.1 Å². The first-order chi connectivity index (χ1) is 10.7. The van der Waals surface area contributed by atoms with Crippen LogP contribution in [-0.4, -0.2) is 17.4 Å². The van der Waals surface area contributed by atoms with E-state index in [4.69, 9.17) is 12.2 Å². The zero-order valence-corrected chi connectivity index (χ0v) is 14.7. The van der Waals surface area contributed by atoms with Crippen molar-refractivity contribution in [2.75, 3.05) is 11.9 Å². The van der Waals surface area contributed by atoms with Crippen molar-refractivity contribution in [1.29, 1.82) is 0 Å². The van der Waals surface area contributed by atoms with Gasteiger partial charge in [-0.3, -0.25) is 4.79 Å². The maximum absolute atomic E-state index is 13.4. The van der Waals surface area contributed by atoms with Crippen molar-refractivity contribution in [2.24, 2.45) is 5.41 Å². The number of Topliss-reactive ketones (excluding diaryl/α,β-unsaturated/α-hetero) is 1. The number of benzene rings is 1. The molecular formula is C17H24F2N2OS. The predicted molar refractivity (Wildman–Crippen MR) is 93.5 cm³/mol. The highest BCUT2D eigenvalue weighted by atomic mass is 32.1. The van der Waals surface area contributed by atoms with Crippen molar-refractivity contribution in [1.82, 2.24) is 5.32 Å². The number of hydrogen-bond acceptors (Lipinski definition) is 2. The molecule has 0 atom stereocenters. The highest BCUT2D eigenvalue weighted by Gasteiger charge is 2.19. The molecule has 1 rings (SSSR count). The molecule has 0 aliphatic carbocycles. The van der Waals surface area contributed by atoms with Crippen molar-refractivity contribution in [2.45, 2.75) is 46.5 Å². The van der Waals surface area contributed by atoms with Gasteiger partial charge in [0.25, 0.3) is 0 Å². The lowest BCUT2D eigenvalue weighted by Crippen LogP contribution is -2.29. The SMILES string of the molecule is CC(C)(C)C(=O)CCCCCNC(=S)Nc1ccc(F)cc1F. The molecule has 6 heteroatoms. The van der Waals surface area contributed by atoms with E-state index >= 15 is 0 Å². The summed E-state index contributed by atoms with van der Waals surface area (Å²) in [6.45, 7) is 6.42. The molecule has 23 heavy (non-hydrogen) atoms. The van der Waals surface area contributed by atoms with Crippen LogP contribution in [0.2, 0.25) is 0 Å². The topological polar surface area (TPSA) is 41.1 Å². The Morgan fingerprint density at radius 3 is 2.48 bits per heavy atom. The molecule has 0 amide bonds. The van der Waals surface area contributed by atoms with Crippen LogP contribution < -0.4 is 10.6 Å². The van der Waals surface area contributed by atoms with Crippen molar-refractivity contribution in [3.05, 3.63) is 29.8 Å². The van der Waals surface area contributed by atoms with Gasteiger partial charge in [-0.15, -0.1) is 0 Å². The number of hydrogen-bond donors (Lipinski definition) is 2. The van der Waals surface area contributed by atoms with Gasteiger partial charge in [-0.2, -0.15) is 0 Å². The number of carbonyl (C=O) groups excluding carboxylic acids is 1. The first kappa shape index (κ1) is 19.5. The molecule has 0 bridgehead atoms. The molecule has 0 radical (unpaired) electrons. The second-order valence-corrected chi connectivity index (χ2v) is 6.90. The van der Waals surface area contributed by atoms with Gasteiger partial charge in [0, 0.05) is 24.4 Å². The lowest BCUT2D eigenvalue weighted by molar-refractivity contribution is -0.126. The Balaban J connectivity index is 2.19. The van der Waals surface area contributed by atoms with Crippen LogP contribution in [0.3, 0.4) is 0 Å². The number of rotatable bonds is 7. The van der Waals surface area contributed by atoms with Crippen LogP contribution in [0.1, 0.15) is 46.5 Å². The summed E-state index contributed by atoms with van der Waals surface area (Å²) in [6.07, 6.45) is 3.23. The predicted octanol–water partition coefficient (Wildman–Crippen LogP) is 4.43. The van der Waals surface area contributed by atoms with Crippen LogP contribution in [0.25, 0.3) is 0 Å². The Bertz CT molecular complexity index is 556. The lowest BCUT2D eigenvalue weighted by Gasteiger charge is -2.16. The van der Waals surface area contributed by atoms with E-state index in [2.05, 4.69) is 10.6 Å². The molecule has 2 N–H and O–H groups in total. The van der Waals surface area contributed by atoms with Gasteiger partial charge >= 0.3 is 0 Å². The van der Waals surface area contributed by atoms with E-state index in [1.54, 1.807) is 0 Å². The third kappa shape index (κ3) is 7.50. The second-order valence-electron chi connectivity index (χ2n) is 6.49. The fraction of sp³-hybridized carbons (Fsp3) is 0.529. The van der Waals surface area contributed by atoms with E-state index < -0.39 is 11.6 Å². The summed E-state index contributed by atoms with van der Waals surface area (Å²) in [5.41, 5.74) is -0.136. The lowest BCUT2D eigenvalue weighted by atomic mass is 9.88. The Hall–Kier alpha value is -1.56. The van der Waals surface area contributed by atoms with Crippen LogP contribution in [-0.2, 0) is 4.79 Å². The average molecular weight is 342 g/mol. The summed E-state index contributed by atoms with van der Waals surface area (Å²) < 4.78 is 26.2. The molecule has 1 aromatic carbocycles. The number of ketones is 1. The molecule has 1 aromatic rings. The maximum atomic E-state index is 13.4. The van der Waals surface area contributed by atoms with Crippen LogP contribution in [0.4, 0.5) is 14.5 Å². The summed E-state index contributed by atoms with van der Waals surface area (Å²) in [7, 11) is 0. The third-order valence-corrected chi connectivity index (χ3v) is 3.63. The van der Waals surface area contributed by atoms with Gasteiger partial charge < -0.3 is 10.6 Å². The molecule has 0 spiro atoms. The molecule has 128 valence electrons. The van der Waals surface area contributed by atoms with Gasteiger partial charge in [0.05, 0.1) is 5.69 Å². The van der Waals surface area contributed by atoms with Crippen LogP contribution >= 0.6 is 12.2 Å². The van der Waals surface area contributed by atoms with E-state index in [1.807, 2.05) is 20.8 Å². The highest BCUT2D eigenvalue weighted by molar-refractivity contribution is 7.80. The normalized spacial score (nSPS) is 11.2. The van der Waals surface area contributed by atoms with Gasteiger partial charge in [0.1, 0.15) is 17.4 Å². The summed E-state index contributed by atoms with van der Waals surface area (Å²) in [5, 5.41) is 5.95.